The number of benzene rings is 1. The Kier molecular flexibility index (Phi) is 4.96. The Hall–Kier alpha value is -2.01. The standard InChI is InChI=1S/C19H23F3NO5SSi/c1-30(2,3)10-23-7-6-12-8-16-17(27-11-26-16)9-13(12)18-14(23)4-5-15(18)28-29(24,25)19(20,21)22/h8-9H,4-7,10-11H2,1-3H3/q+1. The van der Waals surface area contributed by atoms with Gasteiger partial charge in [-0.25, -0.2) is 4.58 Å². The maximum Gasteiger partial charge on any atom is 0.534 e. The summed E-state index contributed by atoms with van der Waals surface area (Å²) < 4.78 is 80.2. The molecule has 0 radical (unpaired) electrons. The van der Waals surface area contributed by atoms with Gasteiger partial charge in [0.2, 0.25) is 6.79 Å². The Bertz CT molecular complexity index is 1070. The summed E-state index contributed by atoms with van der Waals surface area (Å²) in [6, 6.07) is 3.55. The molecule has 0 atom stereocenters. The molecule has 164 valence electrons. The lowest BCUT2D eigenvalue weighted by atomic mass is 9.96. The minimum Gasteiger partial charge on any atom is -0.454 e. The average Bonchev–Trinajstić information content (AvgIpc) is 3.18. The quantitative estimate of drug-likeness (QED) is 0.296. The van der Waals surface area contributed by atoms with Gasteiger partial charge < -0.3 is 13.7 Å². The summed E-state index contributed by atoms with van der Waals surface area (Å²) in [6.07, 6.45) is 1.99. The number of allylic oxidation sites excluding steroid dienone is 2. The normalized spacial score (nSPS) is 19.0. The van der Waals surface area contributed by atoms with Crippen molar-refractivity contribution in [1.29, 1.82) is 0 Å². The number of ether oxygens (including phenoxy) is 2. The highest BCUT2D eigenvalue weighted by molar-refractivity contribution is 7.87. The summed E-state index contributed by atoms with van der Waals surface area (Å²) >= 11 is 0. The van der Waals surface area contributed by atoms with Crippen LogP contribution in [0.4, 0.5) is 13.2 Å². The van der Waals surface area contributed by atoms with Crippen LogP contribution in [0.1, 0.15) is 24.0 Å². The largest absolute Gasteiger partial charge is 0.534 e. The van der Waals surface area contributed by atoms with Gasteiger partial charge in [0.1, 0.15) is 26.5 Å². The van der Waals surface area contributed by atoms with Crippen molar-refractivity contribution in [2.24, 2.45) is 0 Å². The van der Waals surface area contributed by atoms with Crippen molar-refractivity contribution in [2.75, 3.05) is 19.5 Å². The number of halogens is 3. The fourth-order valence-electron chi connectivity index (χ4n) is 4.09. The van der Waals surface area contributed by atoms with E-state index in [9.17, 15) is 21.6 Å². The van der Waals surface area contributed by atoms with Crippen molar-refractivity contribution < 1.29 is 39.8 Å². The first-order valence-electron chi connectivity index (χ1n) is 9.64. The van der Waals surface area contributed by atoms with Crippen LogP contribution in [0.25, 0.3) is 5.57 Å². The van der Waals surface area contributed by atoms with Gasteiger partial charge in [-0.05, 0) is 23.3 Å². The number of fused-ring (bicyclic) bond motifs is 4. The zero-order valence-corrected chi connectivity index (χ0v) is 18.7. The van der Waals surface area contributed by atoms with Crippen molar-refractivity contribution >= 4 is 29.5 Å². The highest BCUT2D eigenvalue weighted by atomic mass is 32.2. The monoisotopic (exact) mass is 462 g/mol. The first-order valence-corrected chi connectivity index (χ1v) is 14.8. The zero-order valence-electron chi connectivity index (χ0n) is 16.9. The number of alkyl halides is 3. The van der Waals surface area contributed by atoms with Gasteiger partial charge in [-0.3, -0.25) is 0 Å². The maximum atomic E-state index is 13.0. The highest BCUT2D eigenvalue weighted by Gasteiger charge is 2.50. The van der Waals surface area contributed by atoms with Crippen LogP contribution in [-0.4, -0.2) is 51.8 Å². The number of hydrogen-bond donors (Lipinski definition) is 0. The van der Waals surface area contributed by atoms with E-state index < -0.39 is 23.7 Å². The van der Waals surface area contributed by atoms with E-state index in [1.165, 1.54) is 0 Å². The van der Waals surface area contributed by atoms with Crippen molar-refractivity contribution in [1.82, 2.24) is 0 Å². The van der Waals surface area contributed by atoms with Gasteiger partial charge in [-0.2, -0.15) is 21.6 Å². The summed E-state index contributed by atoms with van der Waals surface area (Å²) in [4.78, 5) is 0. The fourth-order valence-corrected chi connectivity index (χ4v) is 6.11. The van der Waals surface area contributed by atoms with Crippen LogP contribution in [0.15, 0.2) is 17.9 Å². The molecule has 0 saturated carbocycles. The second-order valence-electron chi connectivity index (χ2n) is 8.82. The van der Waals surface area contributed by atoms with Gasteiger partial charge in [0.15, 0.2) is 17.2 Å². The van der Waals surface area contributed by atoms with E-state index in [-0.39, 0.29) is 19.0 Å². The molecule has 0 N–H and O–H groups in total. The van der Waals surface area contributed by atoms with Crippen LogP contribution in [0, 0.1) is 0 Å². The van der Waals surface area contributed by atoms with E-state index in [1.807, 2.05) is 6.07 Å². The van der Waals surface area contributed by atoms with Crippen LogP contribution in [0.3, 0.4) is 0 Å². The van der Waals surface area contributed by atoms with Gasteiger partial charge in [-0.1, -0.05) is 19.6 Å². The lowest BCUT2D eigenvalue weighted by Gasteiger charge is -2.15. The minimum atomic E-state index is -5.75. The number of nitrogens with zero attached hydrogens (tertiary/aromatic N) is 1. The Morgan fingerprint density at radius 1 is 1.10 bits per heavy atom. The molecule has 0 aromatic heterocycles. The third-order valence-corrected chi connectivity index (χ3v) is 7.53. The molecule has 0 fully saturated rings. The molecule has 2 aliphatic heterocycles. The van der Waals surface area contributed by atoms with Crippen molar-refractivity contribution in [3.63, 3.8) is 0 Å². The molecule has 4 rings (SSSR count). The summed E-state index contributed by atoms with van der Waals surface area (Å²) in [5.74, 6) is 0.909. The molecule has 1 aromatic carbocycles. The summed E-state index contributed by atoms with van der Waals surface area (Å²) in [6.45, 7) is 7.40. The maximum absolute atomic E-state index is 13.0. The van der Waals surface area contributed by atoms with Gasteiger partial charge >= 0.3 is 15.6 Å². The molecule has 2 heterocycles. The van der Waals surface area contributed by atoms with Gasteiger partial charge in [0, 0.05) is 19.3 Å². The zero-order chi connectivity index (χ0) is 21.9. The van der Waals surface area contributed by atoms with Crippen LogP contribution < -0.4 is 9.47 Å². The fraction of sp³-hybridized carbons (Fsp3) is 0.526. The highest BCUT2D eigenvalue weighted by Crippen LogP contribution is 2.43. The molecule has 0 unspecified atom stereocenters. The molecule has 3 aliphatic rings. The van der Waals surface area contributed by atoms with E-state index in [2.05, 4.69) is 28.4 Å². The number of rotatable bonds is 4. The first-order chi connectivity index (χ1) is 13.9. The van der Waals surface area contributed by atoms with Crippen LogP contribution in [-0.2, 0) is 20.7 Å². The van der Waals surface area contributed by atoms with E-state index >= 15 is 0 Å². The predicted octanol–water partition coefficient (Wildman–Crippen LogP) is 3.67. The van der Waals surface area contributed by atoms with Crippen molar-refractivity contribution in [2.45, 2.75) is 44.4 Å². The van der Waals surface area contributed by atoms with Crippen LogP contribution in [0.2, 0.25) is 19.6 Å². The average molecular weight is 463 g/mol. The van der Waals surface area contributed by atoms with E-state index in [0.29, 0.717) is 42.0 Å². The molecule has 1 aliphatic carbocycles. The van der Waals surface area contributed by atoms with E-state index in [4.69, 9.17) is 9.47 Å². The number of hydrogen-bond acceptors (Lipinski definition) is 5. The molecule has 0 spiro atoms. The summed E-state index contributed by atoms with van der Waals surface area (Å²) in [5, 5.41) is 0. The van der Waals surface area contributed by atoms with Crippen LogP contribution in [0.5, 0.6) is 11.5 Å². The van der Waals surface area contributed by atoms with Crippen molar-refractivity contribution in [3.8, 4) is 11.5 Å². The molecule has 30 heavy (non-hydrogen) atoms. The first kappa shape index (κ1) is 21.2. The topological polar surface area (TPSA) is 64.8 Å². The van der Waals surface area contributed by atoms with Gasteiger partial charge in [-0.15, -0.1) is 0 Å². The Morgan fingerprint density at radius 2 is 1.77 bits per heavy atom. The molecular formula is C19H23F3NO5SSi+. The molecule has 0 saturated heterocycles. The SMILES string of the molecule is C[Si](C)(C)C[N+]1=C2CCC(OS(=O)(=O)C(F)(F)F)=C2c2cc3c(cc2CC1)OCO3. The summed E-state index contributed by atoms with van der Waals surface area (Å²) in [5.41, 5.74) is -2.69. The smallest absolute Gasteiger partial charge is 0.454 e. The Balaban J connectivity index is 1.89. The van der Waals surface area contributed by atoms with E-state index in [0.717, 1.165) is 17.4 Å². The Labute approximate surface area is 174 Å². The third-order valence-electron chi connectivity index (χ3n) is 5.22. The van der Waals surface area contributed by atoms with Crippen LogP contribution >= 0.6 is 0 Å². The predicted molar refractivity (Wildman–Crippen MR) is 107 cm³/mol. The second-order valence-corrected chi connectivity index (χ2v) is 15.8. The lowest BCUT2D eigenvalue weighted by molar-refractivity contribution is -0.510. The molecule has 6 nitrogen and oxygen atoms in total. The third kappa shape index (κ3) is 3.84. The van der Waals surface area contributed by atoms with Gasteiger partial charge in [0.25, 0.3) is 0 Å². The molecule has 1 aromatic rings. The minimum absolute atomic E-state index is 0.0708. The van der Waals surface area contributed by atoms with Crippen molar-refractivity contribution in [3.05, 3.63) is 29.0 Å². The molecular weight excluding hydrogens is 439 g/mol. The Morgan fingerprint density at radius 3 is 2.40 bits per heavy atom. The lowest BCUT2D eigenvalue weighted by Crippen LogP contribution is -2.38. The molecule has 11 heteroatoms. The molecule has 0 bridgehead atoms. The second kappa shape index (κ2) is 7.01. The summed E-state index contributed by atoms with van der Waals surface area (Å²) in [7, 11) is -7.30. The molecule has 0 amide bonds. The van der Waals surface area contributed by atoms with E-state index in [1.54, 1.807) is 6.07 Å². The van der Waals surface area contributed by atoms with Gasteiger partial charge in [0.05, 0.1) is 5.57 Å².